The van der Waals surface area contributed by atoms with E-state index in [4.69, 9.17) is 0 Å². The molecule has 1 aromatic heterocycles. The van der Waals surface area contributed by atoms with E-state index in [9.17, 15) is 9.90 Å². The number of amides is 1. The summed E-state index contributed by atoms with van der Waals surface area (Å²) in [6.45, 7) is 1.93. The van der Waals surface area contributed by atoms with Crippen molar-refractivity contribution in [2.75, 3.05) is 0 Å². The summed E-state index contributed by atoms with van der Waals surface area (Å²) < 4.78 is 0.808. The fraction of sp³-hybridized carbons (Fsp3) is 0.0625. The average molecular weight is 358 g/mol. The van der Waals surface area contributed by atoms with Crippen LogP contribution in [-0.4, -0.2) is 16.0 Å². The van der Waals surface area contributed by atoms with Gasteiger partial charge in [-0.05, 0) is 46.6 Å². The number of fused-ring (bicyclic) bond motifs is 1. The third-order valence-electron chi connectivity index (χ3n) is 3.31. The maximum Gasteiger partial charge on any atom is 0.295 e. The highest BCUT2D eigenvalue weighted by Gasteiger charge is 2.15. The number of carbonyl (C=O) groups is 1. The summed E-state index contributed by atoms with van der Waals surface area (Å²) in [5.41, 5.74) is 2.41. The second kappa shape index (κ2) is 5.73. The molecule has 3 rings (SSSR count). The zero-order chi connectivity index (χ0) is 15.7. The number of nitrogens with one attached hydrogen (secondary N) is 1. The van der Waals surface area contributed by atoms with Gasteiger partial charge in [-0.15, -0.1) is 10.2 Å². The van der Waals surface area contributed by atoms with Crippen LogP contribution in [-0.2, 0) is 0 Å². The molecule has 0 spiro atoms. The predicted molar refractivity (Wildman–Crippen MR) is 87.7 cm³/mol. The molecule has 0 aliphatic heterocycles. The Morgan fingerprint density at radius 3 is 2.64 bits per heavy atom. The Kier molecular flexibility index (Phi) is 3.77. The molecule has 0 aliphatic rings. The van der Waals surface area contributed by atoms with Gasteiger partial charge in [0.25, 0.3) is 5.91 Å². The summed E-state index contributed by atoms with van der Waals surface area (Å²) in [7, 11) is 0. The summed E-state index contributed by atoms with van der Waals surface area (Å²) in [5, 5.41) is 18.3. The number of nitrogens with zero attached hydrogens (tertiary/aromatic N) is 2. The van der Waals surface area contributed by atoms with Gasteiger partial charge in [-0.1, -0.05) is 24.3 Å². The van der Waals surface area contributed by atoms with Crippen molar-refractivity contribution in [3.8, 4) is 5.88 Å². The van der Waals surface area contributed by atoms with Crippen LogP contribution in [0.4, 0.5) is 5.69 Å². The zero-order valence-electron chi connectivity index (χ0n) is 11.7. The van der Waals surface area contributed by atoms with E-state index >= 15 is 0 Å². The van der Waals surface area contributed by atoms with Gasteiger partial charge < -0.3 is 10.1 Å². The van der Waals surface area contributed by atoms with Crippen LogP contribution in [0.15, 0.2) is 57.2 Å². The monoisotopic (exact) mass is 357 g/mol. The Labute approximate surface area is 134 Å². The van der Waals surface area contributed by atoms with Gasteiger partial charge in [-0.3, -0.25) is 4.79 Å². The van der Waals surface area contributed by atoms with Crippen molar-refractivity contribution < 1.29 is 9.90 Å². The molecular formula is C16H12BrN3O2. The fourth-order valence-electron chi connectivity index (χ4n) is 2.15. The molecule has 0 saturated heterocycles. The third-order valence-corrected chi connectivity index (χ3v) is 4.33. The van der Waals surface area contributed by atoms with Crippen molar-refractivity contribution in [2.24, 2.45) is 10.2 Å². The van der Waals surface area contributed by atoms with Crippen molar-refractivity contribution in [2.45, 2.75) is 6.92 Å². The lowest BCUT2D eigenvalue weighted by molar-refractivity contribution is 0.0995. The number of aromatic nitrogens is 1. The van der Waals surface area contributed by atoms with Crippen molar-refractivity contribution in [1.82, 2.24) is 4.98 Å². The summed E-state index contributed by atoms with van der Waals surface area (Å²) >= 11 is 3.48. The number of aryl methyl sites for hydroxylation is 1. The molecule has 0 atom stereocenters. The maximum absolute atomic E-state index is 12.0. The lowest BCUT2D eigenvalue weighted by Gasteiger charge is -1.99. The van der Waals surface area contributed by atoms with Crippen molar-refractivity contribution >= 4 is 38.4 Å². The first-order valence-electron chi connectivity index (χ1n) is 6.59. The molecule has 5 nitrogen and oxygen atoms in total. The lowest BCUT2D eigenvalue weighted by atomic mass is 10.1. The van der Waals surface area contributed by atoms with Crippen LogP contribution in [0.5, 0.6) is 5.88 Å². The van der Waals surface area contributed by atoms with Crippen molar-refractivity contribution in [1.29, 1.82) is 0 Å². The molecule has 22 heavy (non-hydrogen) atoms. The molecule has 0 fully saturated rings. The van der Waals surface area contributed by atoms with Gasteiger partial charge in [0.15, 0.2) is 5.69 Å². The molecule has 0 saturated carbocycles. The Bertz CT molecular complexity index is 885. The lowest BCUT2D eigenvalue weighted by Crippen LogP contribution is -1.91. The first-order valence-corrected chi connectivity index (χ1v) is 7.38. The number of carbonyl (C=O) groups excluding carboxylic acids is 1. The summed E-state index contributed by atoms with van der Waals surface area (Å²) in [6.07, 6.45) is 0. The van der Waals surface area contributed by atoms with E-state index in [0.29, 0.717) is 10.9 Å². The molecule has 0 bridgehead atoms. The number of halogens is 1. The zero-order valence-corrected chi connectivity index (χ0v) is 13.3. The Balaban J connectivity index is 2.04. The predicted octanol–water partition coefficient (Wildman–Crippen LogP) is 4.87. The number of aromatic hydroxyl groups is 1. The number of azo groups is 1. The van der Waals surface area contributed by atoms with Gasteiger partial charge in [-0.2, -0.15) is 0 Å². The van der Waals surface area contributed by atoms with E-state index in [2.05, 4.69) is 31.1 Å². The van der Waals surface area contributed by atoms with Crippen molar-refractivity contribution in [3.63, 3.8) is 0 Å². The first-order chi connectivity index (χ1) is 10.6. The second-order valence-corrected chi connectivity index (χ2v) is 5.61. The van der Waals surface area contributed by atoms with Crippen LogP contribution in [0.1, 0.15) is 15.9 Å². The number of rotatable bonds is 2. The number of hydrogen-bond donors (Lipinski definition) is 2. The van der Waals surface area contributed by atoms with Gasteiger partial charge in [-0.25, -0.2) is 0 Å². The van der Waals surface area contributed by atoms with E-state index in [1.807, 2.05) is 25.1 Å². The molecule has 1 heterocycles. The second-order valence-electron chi connectivity index (χ2n) is 4.81. The summed E-state index contributed by atoms with van der Waals surface area (Å²) in [4.78, 5) is 14.8. The van der Waals surface area contributed by atoms with E-state index in [0.717, 1.165) is 15.6 Å². The average Bonchev–Trinajstić information content (AvgIpc) is 2.86. The van der Waals surface area contributed by atoms with Gasteiger partial charge >= 0.3 is 0 Å². The van der Waals surface area contributed by atoms with Gasteiger partial charge in [0, 0.05) is 15.4 Å². The molecule has 3 aromatic rings. The number of H-pyrrole nitrogens is 1. The molecule has 6 heteroatoms. The molecule has 2 N–H and O–H groups in total. The Morgan fingerprint density at radius 2 is 1.91 bits per heavy atom. The van der Waals surface area contributed by atoms with Crippen LogP contribution in [0.3, 0.4) is 0 Å². The highest BCUT2D eigenvalue weighted by Crippen LogP contribution is 2.41. The van der Waals surface area contributed by atoms with Gasteiger partial charge in [0.05, 0.1) is 5.52 Å². The molecule has 0 radical (unpaired) electrons. The Hall–Kier alpha value is -2.47. The third kappa shape index (κ3) is 2.53. The van der Waals surface area contributed by atoms with E-state index < -0.39 is 5.91 Å². The van der Waals surface area contributed by atoms with Crippen LogP contribution in [0.25, 0.3) is 10.9 Å². The van der Waals surface area contributed by atoms with Crippen LogP contribution in [0.2, 0.25) is 0 Å². The Morgan fingerprint density at radius 1 is 1.18 bits per heavy atom. The summed E-state index contributed by atoms with van der Waals surface area (Å²) in [6, 6.07) is 12.4. The smallest absolute Gasteiger partial charge is 0.295 e. The number of benzene rings is 2. The van der Waals surface area contributed by atoms with E-state index in [1.54, 1.807) is 24.3 Å². The van der Waals surface area contributed by atoms with Crippen LogP contribution in [0, 0.1) is 6.92 Å². The van der Waals surface area contributed by atoms with Gasteiger partial charge in [0.1, 0.15) is 0 Å². The van der Waals surface area contributed by atoms with Gasteiger partial charge in [0.2, 0.25) is 5.88 Å². The number of aromatic amines is 1. The maximum atomic E-state index is 12.0. The van der Waals surface area contributed by atoms with E-state index in [-0.39, 0.29) is 11.6 Å². The molecule has 2 aromatic carbocycles. The molecule has 110 valence electrons. The minimum atomic E-state index is -0.460. The molecule has 1 amide bonds. The first kappa shape index (κ1) is 14.5. The largest absolute Gasteiger partial charge is 0.493 e. The minimum absolute atomic E-state index is 0.120. The standard InChI is InChI=1S/C16H12BrN3O2/c1-9-7-8-11-12(13(9)17)14(16(22)18-11)19-20-15(21)10-5-3-2-4-6-10/h2-8,18,22H,1H3. The molecular weight excluding hydrogens is 346 g/mol. The van der Waals surface area contributed by atoms with Crippen LogP contribution < -0.4 is 0 Å². The summed E-state index contributed by atoms with van der Waals surface area (Å²) in [5.74, 6) is -0.580. The SMILES string of the molecule is Cc1ccc2[nH]c(O)c(N=NC(=O)c3ccccc3)c2c1Br. The minimum Gasteiger partial charge on any atom is -0.493 e. The molecule has 0 unspecified atom stereocenters. The topological polar surface area (TPSA) is 77.8 Å². The quantitative estimate of drug-likeness (QED) is 0.641. The fourth-order valence-corrected chi connectivity index (χ4v) is 2.69. The van der Waals surface area contributed by atoms with E-state index in [1.165, 1.54) is 0 Å². The molecule has 0 aliphatic carbocycles. The highest BCUT2D eigenvalue weighted by molar-refractivity contribution is 9.10. The van der Waals surface area contributed by atoms with Crippen LogP contribution >= 0.6 is 15.9 Å². The highest BCUT2D eigenvalue weighted by atomic mass is 79.9. The van der Waals surface area contributed by atoms with Crippen molar-refractivity contribution in [3.05, 3.63) is 58.1 Å². The normalized spacial score (nSPS) is 11.4. The number of hydrogen-bond acceptors (Lipinski definition) is 3.